The summed E-state index contributed by atoms with van der Waals surface area (Å²) < 4.78 is 13.2. The molecule has 0 radical (unpaired) electrons. The fourth-order valence-electron chi connectivity index (χ4n) is 1.69. The summed E-state index contributed by atoms with van der Waals surface area (Å²) in [5, 5.41) is 3.08. The van der Waals surface area contributed by atoms with E-state index in [0.717, 1.165) is 10.7 Å². The van der Waals surface area contributed by atoms with Crippen LogP contribution >= 0.6 is 22.9 Å². The van der Waals surface area contributed by atoms with Gasteiger partial charge in [-0.25, -0.2) is 9.37 Å². The van der Waals surface area contributed by atoms with Crippen LogP contribution in [0.5, 0.6) is 0 Å². The number of hydrogen-bond acceptors (Lipinski definition) is 4. The molecule has 0 aliphatic heterocycles. The van der Waals surface area contributed by atoms with Gasteiger partial charge in [-0.15, -0.1) is 11.3 Å². The molecule has 0 atom stereocenters. The number of benzene rings is 1. The Bertz CT molecular complexity index is 570. The lowest BCUT2D eigenvalue weighted by atomic mass is 10.2. The Morgan fingerprint density at radius 2 is 2.22 bits per heavy atom. The molecule has 3 nitrogen and oxygen atoms in total. The Balaban J connectivity index is 2.23. The molecular weight excluding hydrogens is 273 g/mol. The van der Waals surface area contributed by atoms with Crippen LogP contribution in [0.25, 0.3) is 0 Å². The first-order valence-corrected chi connectivity index (χ1v) is 6.60. The summed E-state index contributed by atoms with van der Waals surface area (Å²) in [6.45, 7) is 2.56. The maximum Gasteiger partial charge on any atom is 0.143 e. The second-order valence-electron chi connectivity index (χ2n) is 4.04. The smallest absolute Gasteiger partial charge is 0.143 e. The molecule has 0 amide bonds. The predicted molar refractivity (Wildman–Crippen MR) is 74.8 cm³/mol. The van der Waals surface area contributed by atoms with Crippen LogP contribution in [-0.4, -0.2) is 12.0 Å². The predicted octanol–water partition coefficient (Wildman–Crippen LogP) is 3.46. The highest BCUT2D eigenvalue weighted by atomic mass is 35.5. The number of aryl methyl sites for hydroxylation is 1. The molecule has 0 unspecified atom stereocenters. The van der Waals surface area contributed by atoms with Crippen LogP contribution < -0.4 is 10.6 Å². The van der Waals surface area contributed by atoms with E-state index in [1.165, 1.54) is 12.1 Å². The lowest BCUT2D eigenvalue weighted by molar-refractivity contribution is 0.628. The van der Waals surface area contributed by atoms with E-state index in [0.29, 0.717) is 17.9 Å². The SMILES string of the molecule is Cc1nc(CN(C)c2cc(Cl)c(F)cc2N)cs1. The molecule has 6 heteroatoms. The van der Waals surface area contributed by atoms with Gasteiger partial charge in [-0.1, -0.05) is 11.6 Å². The summed E-state index contributed by atoms with van der Waals surface area (Å²) in [4.78, 5) is 6.27. The molecule has 0 bridgehead atoms. The maximum atomic E-state index is 13.2. The number of anilines is 2. The Hall–Kier alpha value is -1.33. The van der Waals surface area contributed by atoms with Crippen LogP contribution in [0, 0.1) is 12.7 Å². The van der Waals surface area contributed by atoms with E-state index in [1.807, 2.05) is 24.3 Å². The zero-order valence-electron chi connectivity index (χ0n) is 10.1. The van der Waals surface area contributed by atoms with Crippen molar-refractivity contribution in [1.82, 2.24) is 4.98 Å². The molecule has 2 aromatic rings. The van der Waals surface area contributed by atoms with Gasteiger partial charge in [-0.2, -0.15) is 0 Å². The van der Waals surface area contributed by atoms with E-state index in [2.05, 4.69) is 4.98 Å². The summed E-state index contributed by atoms with van der Waals surface area (Å²) in [5.74, 6) is -0.504. The molecule has 96 valence electrons. The summed E-state index contributed by atoms with van der Waals surface area (Å²) in [6.07, 6.45) is 0. The highest BCUT2D eigenvalue weighted by Gasteiger charge is 2.11. The maximum absolute atomic E-state index is 13.2. The van der Waals surface area contributed by atoms with Crippen LogP contribution in [0.2, 0.25) is 5.02 Å². The molecule has 0 aliphatic carbocycles. The molecule has 2 rings (SSSR count). The minimum absolute atomic E-state index is 0.0699. The number of aromatic nitrogens is 1. The van der Waals surface area contributed by atoms with Crippen molar-refractivity contribution in [2.75, 3.05) is 17.7 Å². The van der Waals surface area contributed by atoms with Crippen molar-refractivity contribution in [2.24, 2.45) is 0 Å². The standard InChI is InChI=1S/C12H13ClFN3S/c1-7-16-8(6-18-7)5-17(2)12-3-9(13)10(14)4-11(12)15/h3-4,6H,5,15H2,1-2H3. The van der Waals surface area contributed by atoms with Crippen LogP contribution in [0.15, 0.2) is 17.5 Å². The number of nitrogens with zero attached hydrogens (tertiary/aromatic N) is 2. The molecule has 0 aliphatic rings. The monoisotopic (exact) mass is 285 g/mol. The van der Waals surface area contributed by atoms with Crippen LogP contribution in [0.4, 0.5) is 15.8 Å². The minimum Gasteiger partial charge on any atom is -0.397 e. The molecule has 1 heterocycles. The first-order chi connectivity index (χ1) is 8.47. The normalized spacial score (nSPS) is 10.7. The molecule has 18 heavy (non-hydrogen) atoms. The fourth-order valence-corrected chi connectivity index (χ4v) is 2.45. The molecule has 1 aromatic carbocycles. The largest absolute Gasteiger partial charge is 0.397 e. The number of rotatable bonds is 3. The van der Waals surface area contributed by atoms with Gasteiger partial charge in [0, 0.05) is 18.5 Å². The lowest BCUT2D eigenvalue weighted by Gasteiger charge is -2.20. The lowest BCUT2D eigenvalue weighted by Crippen LogP contribution is -2.18. The van der Waals surface area contributed by atoms with Crippen molar-refractivity contribution in [1.29, 1.82) is 0 Å². The number of thiazole rings is 1. The van der Waals surface area contributed by atoms with Gasteiger partial charge >= 0.3 is 0 Å². The van der Waals surface area contributed by atoms with E-state index in [1.54, 1.807) is 11.3 Å². The topological polar surface area (TPSA) is 42.2 Å². The third-order valence-corrected chi connectivity index (χ3v) is 3.66. The highest BCUT2D eigenvalue weighted by Crippen LogP contribution is 2.29. The molecule has 1 aromatic heterocycles. The van der Waals surface area contributed by atoms with Gasteiger partial charge in [0.05, 0.1) is 33.6 Å². The Morgan fingerprint density at radius 3 is 2.83 bits per heavy atom. The second kappa shape index (κ2) is 5.12. The molecule has 0 fully saturated rings. The Kier molecular flexibility index (Phi) is 3.73. The van der Waals surface area contributed by atoms with E-state index in [9.17, 15) is 4.39 Å². The van der Waals surface area contributed by atoms with E-state index >= 15 is 0 Å². The molecule has 0 spiro atoms. The van der Waals surface area contributed by atoms with Crippen molar-refractivity contribution >= 4 is 34.3 Å². The average Bonchev–Trinajstić information content (AvgIpc) is 2.69. The molecule has 0 saturated heterocycles. The van der Waals surface area contributed by atoms with Crippen LogP contribution in [0.3, 0.4) is 0 Å². The van der Waals surface area contributed by atoms with Gasteiger partial charge in [0.2, 0.25) is 0 Å². The zero-order valence-corrected chi connectivity index (χ0v) is 11.6. The van der Waals surface area contributed by atoms with Gasteiger partial charge in [-0.05, 0) is 13.0 Å². The van der Waals surface area contributed by atoms with Crippen molar-refractivity contribution in [2.45, 2.75) is 13.5 Å². The molecular formula is C12H13ClFN3S. The van der Waals surface area contributed by atoms with Gasteiger partial charge in [0.1, 0.15) is 5.82 Å². The quantitative estimate of drug-likeness (QED) is 0.878. The van der Waals surface area contributed by atoms with Crippen LogP contribution in [-0.2, 0) is 6.54 Å². The number of nitrogens with two attached hydrogens (primary N) is 1. The molecule has 2 N–H and O–H groups in total. The van der Waals surface area contributed by atoms with E-state index in [-0.39, 0.29) is 5.02 Å². The Labute approximate surface area is 114 Å². The van der Waals surface area contributed by atoms with Crippen molar-refractivity contribution in [3.8, 4) is 0 Å². The summed E-state index contributed by atoms with van der Waals surface area (Å²) in [6, 6.07) is 2.77. The van der Waals surface area contributed by atoms with Crippen LogP contribution in [0.1, 0.15) is 10.7 Å². The van der Waals surface area contributed by atoms with Gasteiger partial charge in [0.15, 0.2) is 0 Å². The third kappa shape index (κ3) is 2.73. The first kappa shape index (κ1) is 13.1. The number of nitrogen functional groups attached to an aromatic ring is 1. The van der Waals surface area contributed by atoms with Gasteiger partial charge < -0.3 is 10.6 Å². The minimum atomic E-state index is -0.504. The average molecular weight is 286 g/mol. The summed E-state index contributed by atoms with van der Waals surface area (Å²) >= 11 is 7.36. The van der Waals surface area contributed by atoms with E-state index in [4.69, 9.17) is 17.3 Å². The fraction of sp³-hybridized carbons (Fsp3) is 0.250. The van der Waals surface area contributed by atoms with E-state index < -0.39 is 5.82 Å². The highest BCUT2D eigenvalue weighted by molar-refractivity contribution is 7.09. The second-order valence-corrected chi connectivity index (χ2v) is 5.51. The number of halogens is 2. The molecule has 0 saturated carbocycles. The third-order valence-electron chi connectivity index (χ3n) is 2.55. The zero-order chi connectivity index (χ0) is 13.3. The van der Waals surface area contributed by atoms with Crippen molar-refractivity contribution in [3.05, 3.63) is 39.1 Å². The number of hydrogen-bond donors (Lipinski definition) is 1. The van der Waals surface area contributed by atoms with Gasteiger partial charge in [-0.3, -0.25) is 0 Å². The van der Waals surface area contributed by atoms with Crippen molar-refractivity contribution in [3.63, 3.8) is 0 Å². The first-order valence-electron chi connectivity index (χ1n) is 5.34. The van der Waals surface area contributed by atoms with Crippen molar-refractivity contribution < 1.29 is 4.39 Å². The Morgan fingerprint density at radius 1 is 1.50 bits per heavy atom. The summed E-state index contributed by atoms with van der Waals surface area (Å²) in [5.41, 5.74) is 7.82. The summed E-state index contributed by atoms with van der Waals surface area (Å²) in [7, 11) is 1.87. The van der Waals surface area contributed by atoms with Gasteiger partial charge in [0.25, 0.3) is 0 Å².